The Morgan fingerprint density at radius 2 is 2.11 bits per heavy atom. The first kappa shape index (κ1) is 11.0. The predicted molar refractivity (Wildman–Crippen MR) is 35.0 cm³/mol. The van der Waals surface area contributed by atoms with E-state index in [4.69, 9.17) is 0 Å². The van der Waals surface area contributed by atoms with E-state index in [9.17, 15) is 4.79 Å². The van der Waals surface area contributed by atoms with E-state index < -0.39 is 0 Å². The molecule has 0 aliphatic carbocycles. The van der Waals surface area contributed by atoms with E-state index >= 15 is 0 Å². The Morgan fingerprint density at radius 3 is 2.22 bits per heavy atom. The van der Waals surface area contributed by atoms with Crippen LogP contribution in [0.3, 0.4) is 0 Å². The molecule has 0 unspecified atom stereocenters. The van der Waals surface area contributed by atoms with E-state index in [1.807, 2.05) is 0 Å². The Kier molecular flexibility index (Phi) is 6.51. The molecule has 0 aliphatic rings. The highest BCUT2D eigenvalue weighted by atomic mass is 16.5. The van der Waals surface area contributed by atoms with Gasteiger partial charge in [-0.05, 0) is 13.8 Å². The highest BCUT2D eigenvalue weighted by Gasteiger charge is 1.96. The Bertz CT molecular complexity index is 96.5. The third-order valence-corrected chi connectivity index (χ3v) is 0.519. The molecular weight excluding hydrogens is 120 g/mol. The molecule has 54 valence electrons. The molecule has 0 bridgehead atoms. The molecule has 0 atom stereocenters. The maximum absolute atomic E-state index is 10.3. The van der Waals surface area contributed by atoms with Crippen molar-refractivity contribution in [1.82, 2.24) is 0 Å². The zero-order chi connectivity index (χ0) is 6.57. The van der Waals surface area contributed by atoms with Crippen LogP contribution < -0.4 is 0 Å². The Labute approximate surface area is 54.6 Å². The Morgan fingerprint density at radius 1 is 1.67 bits per heavy atom. The Hall–Kier alpha value is -0.830. The standard InChI is InChI=1S/C6H10O2.H2O/c1-4-6(7)8-5(2)3;/h4-5H,1H2,2-3H3;1H2. The third-order valence-electron chi connectivity index (χ3n) is 0.519. The zero-order valence-electron chi connectivity index (χ0n) is 5.68. The summed E-state index contributed by atoms with van der Waals surface area (Å²) in [5.41, 5.74) is 0. The van der Waals surface area contributed by atoms with E-state index in [0.29, 0.717) is 0 Å². The minimum Gasteiger partial charge on any atom is -0.460 e. The van der Waals surface area contributed by atoms with Crippen LogP contribution in [0.5, 0.6) is 0 Å². The molecule has 0 aromatic heterocycles. The minimum absolute atomic E-state index is 0. The van der Waals surface area contributed by atoms with Gasteiger partial charge in [-0.1, -0.05) is 6.58 Å². The number of hydrogen-bond donors (Lipinski definition) is 0. The lowest BCUT2D eigenvalue weighted by Crippen LogP contribution is -2.07. The second kappa shape index (κ2) is 5.31. The molecule has 0 saturated heterocycles. The number of ether oxygens (including phenoxy) is 1. The van der Waals surface area contributed by atoms with Gasteiger partial charge >= 0.3 is 5.97 Å². The first-order valence-corrected chi connectivity index (χ1v) is 2.50. The number of hydrogen-bond acceptors (Lipinski definition) is 2. The second-order valence-electron chi connectivity index (χ2n) is 1.69. The molecule has 0 amide bonds. The highest BCUT2D eigenvalue weighted by Crippen LogP contribution is 1.87. The van der Waals surface area contributed by atoms with Crippen molar-refractivity contribution >= 4 is 5.97 Å². The lowest BCUT2D eigenvalue weighted by Gasteiger charge is -2.02. The van der Waals surface area contributed by atoms with Gasteiger partial charge in [0.2, 0.25) is 0 Å². The molecule has 9 heavy (non-hydrogen) atoms. The molecule has 0 heterocycles. The maximum atomic E-state index is 10.3. The summed E-state index contributed by atoms with van der Waals surface area (Å²) in [6.45, 7) is 6.83. The van der Waals surface area contributed by atoms with E-state index in [-0.39, 0.29) is 17.5 Å². The van der Waals surface area contributed by atoms with Gasteiger partial charge in [-0.15, -0.1) is 0 Å². The molecular formula is C6H12O3. The average Bonchev–Trinajstić information content (AvgIpc) is 1.65. The van der Waals surface area contributed by atoms with Crippen LogP contribution in [0.2, 0.25) is 0 Å². The van der Waals surface area contributed by atoms with Gasteiger partial charge in [0, 0.05) is 6.08 Å². The van der Waals surface area contributed by atoms with Gasteiger partial charge in [-0.2, -0.15) is 0 Å². The van der Waals surface area contributed by atoms with Crippen molar-refractivity contribution in [2.75, 3.05) is 0 Å². The predicted octanol–water partition coefficient (Wildman–Crippen LogP) is 0.299. The fraction of sp³-hybridized carbons (Fsp3) is 0.500. The average molecular weight is 132 g/mol. The molecule has 2 N–H and O–H groups in total. The van der Waals surface area contributed by atoms with Crippen LogP contribution in [0, 0.1) is 0 Å². The van der Waals surface area contributed by atoms with Gasteiger partial charge in [-0.3, -0.25) is 0 Å². The minimum atomic E-state index is -0.361. The summed E-state index contributed by atoms with van der Waals surface area (Å²) in [6, 6.07) is 0. The molecule has 0 aliphatic heterocycles. The van der Waals surface area contributed by atoms with Crippen molar-refractivity contribution in [3.8, 4) is 0 Å². The van der Waals surface area contributed by atoms with Crippen LogP contribution in [0.4, 0.5) is 0 Å². The largest absolute Gasteiger partial charge is 0.460 e. The van der Waals surface area contributed by atoms with Gasteiger partial charge in [0.05, 0.1) is 6.10 Å². The lowest BCUT2D eigenvalue weighted by molar-refractivity contribution is -0.141. The van der Waals surface area contributed by atoms with Crippen LogP contribution in [0.15, 0.2) is 12.7 Å². The Balaban J connectivity index is 0. The van der Waals surface area contributed by atoms with E-state index in [1.165, 1.54) is 0 Å². The fourth-order valence-electron chi connectivity index (χ4n) is 0.280. The van der Waals surface area contributed by atoms with Crippen LogP contribution >= 0.6 is 0 Å². The normalized spacial score (nSPS) is 7.89. The molecule has 0 saturated carbocycles. The molecule has 0 rings (SSSR count). The van der Waals surface area contributed by atoms with Crippen molar-refractivity contribution in [1.29, 1.82) is 0 Å². The maximum Gasteiger partial charge on any atom is 0.330 e. The monoisotopic (exact) mass is 132 g/mol. The van der Waals surface area contributed by atoms with Gasteiger partial charge in [0.1, 0.15) is 0 Å². The molecule has 0 aromatic carbocycles. The van der Waals surface area contributed by atoms with Crippen LogP contribution in [-0.4, -0.2) is 17.5 Å². The summed E-state index contributed by atoms with van der Waals surface area (Å²) >= 11 is 0. The van der Waals surface area contributed by atoms with Crippen LogP contribution in [-0.2, 0) is 9.53 Å². The first-order chi connectivity index (χ1) is 3.66. The lowest BCUT2D eigenvalue weighted by atomic mass is 10.5. The van der Waals surface area contributed by atoms with Gasteiger partial charge in [0.15, 0.2) is 0 Å². The highest BCUT2D eigenvalue weighted by molar-refractivity contribution is 5.81. The summed E-state index contributed by atoms with van der Waals surface area (Å²) in [5.74, 6) is -0.361. The topological polar surface area (TPSA) is 57.8 Å². The second-order valence-corrected chi connectivity index (χ2v) is 1.69. The van der Waals surface area contributed by atoms with Crippen LogP contribution in [0.1, 0.15) is 13.8 Å². The molecule has 0 fully saturated rings. The molecule has 0 aromatic rings. The van der Waals surface area contributed by atoms with Gasteiger partial charge < -0.3 is 10.2 Å². The van der Waals surface area contributed by atoms with E-state index in [0.717, 1.165) is 6.08 Å². The van der Waals surface area contributed by atoms with Crippen molar-refractivity contribution < 1.29 is 15.0 Å². The van der Waals surface area contributed by atoms with Gasteiger partial charge in [-0.25, -0.2) is 4.79 Å². The quantitative estimate of drug-likeness (QED) is 0.400. The molecule has 3 heteroatoms. The first-order valence-electron chi connectivity index (χ1n) is 2.50. The summed E-state index contributed by atoms with van der Waals surface area (Å²) in [6.07, 6.45) is 1.11. The van der Waals surface area contributed by atoms with Gasteiger partial charge in [0.25, 0.3) is 0 Å². The van der Waals surface area contributed by atoms with E-state index in [2.05, 4.69) is 11.3 Å². The third kappa shape index (κ3) is 7.17. The van der Waals surface area contributed by atoms with Crippen molar-refractivity contribution in [3.63, 3.8) is 0 Å². The van der Waals surface area contributed by atoms with Crippen molar-refractivity contribution in [2.45, 2.75) is 20.0 Å². The smallest absolute Gasteiger partial charge is 0.330 e. The summed E-state index contributed by atoms with van der Waals surface area (Å²) < 4.78 is 4.64. The zero-order valence-corrected chi connectivity index (χ0v) is 5.68. The SMILES string of the molecule is C=CC(=O)OC(C)C.O. The van der Waals surface area contributed by atoms with Crippen molar-refractivity contribution in [3.05, 3.63) is 12.7 Å². The summed E-state index contributed by atoms with van der Waals surface area (Å²) in [5, 5.41) is 0. The fourth-order valence-corrected chi connectivity index (χ4v) is 0.280. The summed E-state index contributed by atoms with van der Waals surface area (Å²) in [7, 11) is 0. The molecule has 0 spiro atoms. The van der Waals surface area contributed by atoms with E-state index in [1.54, 1.807) is 13.8 Å². The number of esters is 1. The number of carbonyl (C=O) groups excluding carboxylic acids is 1. The number of carbonyl (C=O) groups is 1. The number of rotatable bonds is 2. The summed E-state index contributed by atoms with van der Waals surface area (Å²) in [4.78, 5) is 10.3. The molecule has 3 nitrogen and oxygen atoms in total. The van der Waals surface area contributed by atoms with Crippen LogP contribution in [0.25, 0.3) is 0 Å². The molecule has 0 radical (unpaired) electrons. The van der Waals surface area contributed by atoms with Crippen molar-refractivity contribution in [2.24, 2.45) is 0 Å².